The molecule has 0 atom stereocenters. The molecule has 1 amide bonds. The normalized spacial score (nSPS) is 14.0. The Balaban J connectivity index is 1.79. The van der Waals surface area contributed by atoms with Crippen LogP contribution in [0.15, 0.2) is 52.4 Å². The van der Waals surface area contributed by atoms with Crippen molar-refractivity contribution in [1.29, 1.82) is 0 Å². The summed E-state index contributed by atoms with van der Waals surface area (Å²) in [6, 6.07) is 9.74. The number of sulfonamides is 1. The van der Waals surface area contributed by atoms with E-state index in [0.29, 0.717) is 17.3 Å². The van der Waals surface area contributed by atoms with Crippen molar-refractivity contribution in [3.8, 4) is 0 Å². The van der Waals surface area contributed by atoms with Crippen molar-refractivity contribution in [2.45, 2.75) is 11.8 Å². The Morgan fingerprint density at radius 3 is 2.73 bits per heavy atom. The summed E-state index contributed by atoms with van der Waals surface area (Å²) in [5.41, 5.74) is 0.852. The van der Waals surface area contributed by atoms with Gasteiger partial charge in [-0.1, -0.05) is 23.9 Å². The number of nitrogens with one attached hydrogen (secondary N) is 2. The van der Waals surface area contributed by atoms with Gasteiger partial charge in [0, 0.05) is 17.0 Å². The second-order valence-electron chi connectivity index (χ2n) is 5.59. The van der Waals surface area contributed by atoms with E-state index in [2.05, 4.69) is 15.0 Å². The van der Waals surface area contributed by atoms with E-state index in [1.165, 1.54) is 36.0 Å². The lowest BCUT2D eigenvalue weighted by Gasteiger charge is -2.10. The molecule has 0 bridgehead atoms. The molecule has 0 spiro atoms. The Morgan fingerprint density at radius 1 is 1.23 bits per heavy atom. The summed E-state index contributed by atoms with van der Waals surface area (Å²) in [4.78, 5) is 16.2. The van der Waals surface area contributed by atoms with Crippen LogP contribution in [0.25, 0.3) is 0 Å². The number of anilines is 1. The number of amidine groups is 1. The third kappa shape index (κ3) is 4.23. The van der Waals surface area contributed by atoms with Crippen LogP contribution in [0.5, 0.6) is 0 Å². The Morgan fingerprint density at radius 2 is 2.04 bits per heavy atom. The third-order valence-electron chi connectivity index (χ3n) is 3.64. The van der Waals surface area contributed by atoms with E-state index in [4.69, 9.17) is 0 Å². The van der Waals surface area contributed by atoms with Crippen molar-refractivity contribution < 1.29 is 17.6 Å². The van der Waals surface area contributed by atoms with Crippen molar-refractivity contribution in [3.05, 3.63) is 59.4 Å². The van der Waals surface area contributed by atoms with E-state index in [1.54, 1.807) is 19.1 Å². The van der Waals surface area contributed by atoms with Gasteiger partial charge in [0.25, 0.3) is 15.9 Å². The predicted octanol–water partition coefficient (Wildman–Crippen LogP) is 2.77. The van der Waals surface area contributed by atoms with Crippen LogP contribution in [0, 0.1) is 12.7 Å². The van der Waals surface area contributed by atoms with E-state index >= 15 is 0 Å². The van der Waals surface area contributed by atoms with Gasteiger partial charge < -0.3 is 5.32 Å². The first kappa shape index (κ1) is 18.4. The zero-order valence-electron chi connectivity index (χ0n) is 13.8. The minimum Gasteiger partial charge on any atom is -0.301 e. The van der Waals surface area contributed by atoms with E-state index < -0.39 is 15.8 Å². The number of thioether (sulfide) groups is 1. The summed E-state index contributed by atoms with van der Waals surface area (Å²) in [7, 11) is -3.97. The Hall–Kier alpha value is -2.39. The van der Waals surface area contributed by atoms with Crippen molar-refractivity contribution >= 4 is 38.5 Å². The first-order valence-electron chi connectivity index (χ1n) is 7.73. The number of aliphatic imine (C=N–C) groups is 1. The number of carbonyl (C=O) groups is 1. The van der Waals surface area contributed by atoms with Crippen LogP contribution in [0.3, 0.4) is 0 Å². The summed E-state index contributed by atoms with van der Waals surface area (Å²) in [5, 5.41) is 3.23. The fourth-order valence-electron chi connectivity index (χ4n) is 2.26. The number of aryl methyl sites for hydroxylation is 1. The van der Waals surface area contributed by atoms with E-state index in [-0.39, 0.29) is 22.1 Å². The molecule has 0 radical (unpaired) electrons. The Labute approximate surface area is 155 Å². The van der Waals surface area contributed by atoms with Gasteiger partial charge in [-0.3, -0.25) is 14.5 Å². The molecule has 0 saturated heterocycles. The van der Waals surface area contributed by atoms with Gasteiger partial charge in [-0.15, -0.1) is 0 Å². The van der Waals surface area contributed by atoms with Crippen molar-refractivity contribution in [1.82, 2.24) is 5.32 Å². The van der Waals surface area contributed by atoms with Crippen LogP contribution >= 0.6 is 11.8 Å². The maximum atomic E-state index is 13.7. The maximum Gasteiger partial charge on any atom is 0.261 e. The number of nitrogens with zero attached hydrogens (tertiary/aromatic N) is 1. The average molecular weight is 393 g/mol. The zero-order chi connectivity index (χ0) is 18.7. The fraction of sp³-hybridized carbons (Fsp3) is 0.176. The molecule has 0 aromatic heterocycles. The van der Waals surface area contributed by atoms with Crippen molar-refractivity contribution in [2.24, 2.45) is 4.99 Å². The smallest absolute Gasteiger partial charge is 0.261 e. The average Bonchev–Trinajstić information content (AvgIpc) is 3.10. The Bertz CT molecular complexity index is 990. The summed E-state index contributed by atoms with van der Waals surface area (Å²) in [6.07, 6.45) is 0. The molecule has 2 aromatic carbocycles. The quantitative estimate of drug-likeness (QED) is 0.836. The molecule has 9 heteroatoms. The second-order valence-corrected chi connectivity index (χ2v) is 8.35. The van der Waals surface area contributed by atoms with Gasteiger partial charge >= 0.3 is 0 Å². The van der Waals surface area contributed by atoms with Crippen LogP contribution < -0.4 is 10.0 Å². The molecule has 1 heterocycles. The lowest BCUT2D eigenvalue weighted by molar-refractivity contribution is 0.0978. The van der Waals surface area contributed by atoms with Gasteiger partial charge in [0.1, 0.15) is 5.82 Å². The number of halogens is 1. The van der Waals surface area contributed by atoms with Crippen LogP contribution in [-0.2, 0) is 10.0 Å². The summed E-state index contributed by atoms with van der Waals surface area (Å²) >= 11 is 1.45. The molecule has 2 aromatic rings. The van der Waals surface area contributed by atoms with Crippen molar-refractivity contribution in [2.75, 3.05) is 17.0 Å². The molecule has 26 heavy (non-hydrogen) atoms. The molecule has 136 valence electrons. The molecule has 0 unspecified atom stereocenters. The van der Waals surface area contributed by atoms with E-state index in [9.17, 15) is 17.6 Å². The lowest BCUT2D eigenvalue weighted by atomic mass is 10.2. The Kier molecular flexibility index (Phi) is 5.28. The number of hydrogen-bond donors (Lipinski definition) is 2. The zero-order valence-corrected chi connectivity index (χ0v) is 15.5. The largest absolute Gasteiger partial charge is 0.301 e. The first-order chi connectivity index (χ1) is 12.3. The molecule has 2 N–H and O–H groups in total. The second kappa shape index (κ2) is 7.46. The highest BCUT2D eigenvalue weighted by Crippen LogP contribution is 2.19. The van der Waals surface area contributed by atoms with Crippen LogP contribution in [0.1, 0.15) is 15.9 Å². The van der Waals surface area contributed by atoms with Crippen molar-refractivity contribution in [3.63, 3.8) is 0 Å². The number of carbonyl (C=O) groups excluding carboxylic acids is 1. The maximum absolute atomic E-state index is 13.7. The highest BCUT2D eigenvalue weighted by Gasteiger charge is 2.17. The first-order valence-corrected chi connectivity index (χ1v) is 10.2. The minimum absolute atomic E-state index is 0.188. The van der Waals surface area contributed by atoms with Crippen LogP contribution in [0.2, 0.25) is 0 Å². The molecule has 0 fully saturated rings. The van der Waals surface area contributed by atoms with Gasteiger partial charge in [0.05, 0.1) is 11.4 Å². The number of rotatable bonds is 4. The summed E-state index contributed by atoms with van der Waals surface area (Å²) in [5.74, 6) is -0.154. The monoisotopic (exact) mass is 393 g/mol. The molecule has 0 saturated carbocycles. The third-order valence-corrected chi connectivity index (χ3v) is 5.91. The van der Waals surface area contributed by atoms with Crippen LogP contribution in [0.4, 0.5) is 10.1 Å². The molecular weight excluding hydrogens is 377 g/mol. The van der Waals surface area contributed by atoms with Gasteiger partial charge in [0.2, 0.25) is 0 Å². The van der Waals surface area contributed by atoms with Gasteiger partial charge in [-0.2, -0.15) is 0 Å². The topological polar surface area (TPSA) is 87.6 Å². The van der Waals surface area contributed by atoms with Crippen LogP contribution in [-0.4, -0.2) is 31.8 Å². The number of amides is 1. The lowest BCUT2D eigenvalue weighted by Crippen LogP contribution is -2.27. The molecular formula is C17H16FN3O3S2. The summed E-state index contributed by atoms with van der Waals surface area (Å²) < 4.78 is 40.9. The molecule has 3 rings (SSSR count). The molecule has 6 nitrogen and oxygen atoms in total. The number of hydrogen-bond acceptors (Lipinski definition) is 5. The standard InChI is InChI=1S/C17H16FN3O3S2/c1-11-5-6-14(10-15(11)18)26(23,24)21-13-4-2-3-12(9-13)16(22)20-17-19-7-8-25-17/h2-6,9-10,21H,7-8H2,1H3,(H,19,20,22). The summed E-state index contributed by atoms with van der Waals surface area (Å²) in [6.45, 7) is 2.21. The highest BCUT2D eigenvalue weighted by atomic mass is 32.2. The fourth-order valence-corrected chi connectivity index (χ4v) is 4.04. The van der Waals surface area contributed by atoms with E-state index in [1.807, 2.05) is 0 Å². The molecule has 1 aliphatic heterocycles. The number of benzene rings is 2. The van der Waals surface area contributed by atoms with Gasteiger partial charge in [-0.25, -0.2) is 12.8 Å². The van der Waals surface area contributed by atoms with E-state index in [0.717, 1.165) is 11.8 Å². The predicted molar refractivity (Wildman–Crippen MR) is 101 cm³/mol. The highest BCUT2D eigenvalue weighted by molar-refractivity contribution is 8.14. The molecule has 0 aliphatic carbocycles. The minimum atomic E-state index is -3.97. The SMILES string of the molecule is Cc1ccc(S(=O)(=O)Nc2cccc(C(=O)NC3=NCCS3)c2)cc1F. The van der Waals surface area contributed by atoms with Gasteiger partial charge in [-0.05, 0) is 42.8 Å². The molecule has 1 aliphatic rings. The van der Waals surface area contributed by atoms with Gasteiger partial charge in [0.15, 0.2) is 5.17 Å².